The van der Waals surface area contributed by atoms with Crippen molar-refractivity contribution in [3.8, 4) is 5.75 Å². The van der Waals surface area contributed by atoms with Crippen LogP contribution in [0.2, 0.25) is 0 Å². The Kier molecular flexibility index (Phi) is 4.71. The van der Waals surface area contributed by atoms with E-state index in [1.165, 1.54) is 12.1 Å². The van der Waals surface area contributed by atoms with E-state index < -0.39 is 6.61 Å². The quantitative estimate of drug-likeness (QED) is 0.865. The molecule has 1 aromatic carbocycles. The van der Waals surface area contributed by atoms with Gasteiger partial charge in [0, 0.05) is 12.1 Å². The van der Waals surface area contributed by atoms with Crippen molar-refractivity contribution in [1.29, 1.82) is 0 Å². The second-order valence-corrected chi connectivity index (χ2v) is 4.94. The van der Waals surface area contributed by atoms with Gasteiger partial charge in [0.2, 0.25) is 0 Å². The molecule has 19 heavy (non-hydrogen) atoms. The third-order valence-electron chi connectivity index (χ3n) is 3.55. The van der Waals surface area contributed by atoms with E-state index in [-0.39, 0.29) is 23.9 Å². The molecule has 0 saturated heterocycles. The van der Waals surface area contributed by atoms with Gasteiger partial charge in [-0.15, -0.1) is 0 Å². The van der Waals surface area contributed by atoms with E-state index in [1.807, 2.05) is 6.92 Å². The van der Waals surface area contributed by atoms with E-state index in [2.05, 4.69) is 10.1 Å². The number of aliphatic hydroxyl groups excluding tert-OH is 1. The van der Waals surface area contributed by atoms with Gasteiger partial charge in [0.25, 0.3) is 0 Å². The van der Waals surface area contributed by atoms with Crippen LogP contribution < -0.4 is 10.1 Å². The number of ether oxygens (including phenoxy) is 1. The second-order valence-electron chi connectivity index (χ2n) is 4.94. The third kappa shape index (κ3) is 3.88. The molecule has 1 aromatic rings. The molecule has 1 saturated carbocycles. The van der Waals surface area contributed by atoms with E-state index in [1.54, 1.807) is 12.1 Å². The van der Waals surface area contributed by atoms with Crippen LogP contribution >= 0.6 is 0 Å². The largest absolute Gasteiger partial charge is 0.435 e. The van der Waals surface area contributed by atoms with Crippen LogP contribution in [0.5, 0.6) is 5.75 Å². The summed E-state index contributed by atoms with van der Waals surface area (Å²) in [6.45, 7) is -0.802. The fourth-order valence-electron chi connectivity index (χ4n) is 2.49. The van der Waals surface area contributed by atoms with Gasteiger partial charge in [0.15, 0.2) is 0 Å². The number of halogens is 2. The smallest absolute Gasteiger partial charge is 0.387 e. The van der Waals surface area contributed by atoms with Crippen molar-refractivity contribution >= 4 is 0 Å². The molecular weight excluding hydrogens is 252 g/mol. The number of alkyl halides is 2. The normalized spacial score (nSPS) is 24.7. The molecule has 0 aliphatic heterocycles. The van der Waals surface area contributed by atoms with Crippen molar-refractivity contribution in [2.24, 2.45) is 0 Å². The van der Waals surface area contributed by atoms with Gasteiger partial charge in [-0.05, 0) is 43.9 Å². The van der Waals surface area contributed by atoms with E-state index in [0.29, 0.717) is 0 Å². The average Bonchev–Trinajstić information content (AvgIpc) is 2.75. The molecule has 1 aliphatic rings. The summed E-state index contributed by atoms with van der Waals surface area (Å²) < 4.78 is 28.4. The van der Waals surface area contributed by atoms with Gasteiger partial charge in [-0.2, -0.15) is 8.78 Å². The fourth-order valence-corrected chi connectivity index (χ4v) is 2.49. The first-order valence-electron chi connectivity index (χ1n) is 6.55. The van der Waals surface area contributed by atoms with E-state index in [4.69, 9.17) is 0 Å². The second kappa shape index (κ2) is 6.30. The molecule has 0 aromatic heterocycles. The topological polar surface area (TPSA) is 41.5 Å². The predicted octanol–water partition coefficient (Wildman–Crippen LogP) is 2.85. The Hall–Kier alpha value is -1.20. The van der Waals surface area contributed by atoms with Gasteiger partial charge in [0.1, 0.15) is 5.75 Å². The minimum atomic E-state index is -2.80. The van der Waals surface area contributed by atoms with Gasteiger partial charge in [-0.25, -0.2) is 0 Å². The van der Waals surface area contributed by atoms with E-state index in [0.717, 1.165) is 24.8 Å². The highest BCUT2D eigenvalue weighted by Gasteiger charge is 2.26. The molecule has 0 spiro atoms. The van der Waals surface area contributed by atoms with Crippen molar-refractivity contribution in [2.45, 2.75) is 51.0 Å². The van der Waals surface area contributed by atoms with E-state index >= 15 is 0 Å². The minimum Gasteiger partial charge on any atom is -0.435 e. The molecule has 5 heteroatoms. The number of hydrogen-bond donors (Lipinski definition) is 2. The van der Waals surface area contributed by atoms with Gasteiger partial charge in [0.05, 0.1) is 6.10 Å². The Balaban J connectivity index is 1.93. The summed E-state index contributed by atoms with van der Waals surface area (Å²) in [5.41, 5.74) is 0.987. The van der Waals surface area contributed by atoms with Crippen molar-refractivity contribution < 1.29 is 18.6 Å². The molecule has 0 radical (unpaired) electrons. The number of nitrogens with one attached hydrogen (secondary N) is 1. The summed E-state index contributed by atoms with van der Waals surface area (Å²) in [6, 6.07) is 6.77. The standard InChI is InChI=1S/C14H19F2NO2/c1-9(17-12-3-2-4-13(12)18)10-5-7-11(8-6-10)19-14(15)16/h5-9,12-14,17-18H,2-4H2,1H3/t9?,12-,13-/m1/s1. The highest BCUT2D eigenvalue weighted by Crippen LogP contribution is 2.24. The highest BCUT2D eigenvalue weighted by molar-refractivity contribution is 5.29. The van der Waals surface area contributed by atoms with Crippen molar-refractivity contribution in [1.82, 2.24) is 5.32 Å². The maximum Gasteiger partial charge on any atom is 0.387 e. The monoisotopic (exact) mass is 271 g/mol. The van der Waals surface area contributed by atoms with Crippen LogP contribution in [0.4, 0.5) is 8.78 Å². The summed E-state index contributed by atoms with van der Waals surface area (Å²) in [4.78, 5) is 0. The number of rotatable bonds is 5. The molecule has 3 nitrogen and oxygen atoms in total. The number of benzene rings is 1. The Morgan fingerprint density at radius 2 is 1.95 bits per heavy atom. The van der Waals surface area contributed by atoms with Crippen LogP contribution in [-0.2, 0) is 0 Å². The lowest BCUT2D eigenvalue weighted by atomic mass is 10.1. The highest BCUT2D eigenvalue weighted by atomic mass is 19.3. The molecule has 1 unspecified atom stereocenters. The summed E-state index contributed by atoms with van der Waals surface area (Å²) in [7, 11) is 0. The molecule has 2 N–H and O–H groups in total. The Bertz CT molecular complexity index is 397. The Labute approximate surface area is 111 Å². The van der Waals surface area contributed by atoms with Crippen LogP contribution in [0.25, 0.3) is 0 Å². The summed E-state index contributed by atoms with van der Waals surface area (Å²) in [5.74, 6) is 0.159. The van der Waals surface area contributed by atoms with E-state index in [9.17, 15) is 13.9 Å². The first kappa shape index (κ1) is 14.2. The molecule has 1 fully saturated rings. The molecule has 2 rings (SSSR count). The van der Waals surface area contributed by atoms with Crippen molar-refractivity contribution in [2.75, 3.05) is 0 Å². The molecule has 0 amide bonds. The zero-order valence-corrected chi connectivity index (χ0v) is 10.9. The van der Waals surface area contributed by atoms with Crippen LogP contribution in [0.3, 0.4) is 0 Å². The summed E-state index contributed by atoms with van der Waals surface area (Å²) in [5, 5.41) is 13.1. The number of hydrogen-bond acceptors (Lipinski definition) is 3. The van der Waals surface area contributed by atoms with Crippen molar-refractivity contribution in [3.05, 3.63) is 29.8 Å². The fraction of sp³-hybridized carbons (Fsp3) is 0.571. The lowest BCUT2D eigenvalue weighted by Gasteiger charge is -2.22. The Morgan fingerprint density at radius 3 is 2.47 bits per heavy atom. The molecule has 0 heterocycles. The SMILES string of the molecule is CC(N[C@@H]1CCC[C@H]1O)c1ccc(OC(F)F)cc1. The lowest BCUT2D eigenvalue weighted by Crippen LogP contribution is -2.37. The third-order valence-corrected chi connectivity index (χ3v) is 3.55. The average molecular weight is 271 g/mol. The van der Waals surface area contributed by atoms with Gasteiger partial charge >= 0.3 is 6.61 Å². The molecule has 106 valence electrons. The molecule has 0 bridgehead atoms. The summed E-state index contributed by atoms with van der Waals surface area (Å²) in [6.07, 6.45) is 2.56. The Morgan fingerprint density at radius 1 is 1.26 bits per heavy atom. The van der Waals surface area contributed by atoms with Gasteiger partial charge in [-0.1, -0.05) is 12.1 Å². The molecule has 1 aliphatic carbocycles. The van der Waals surface area contributed by atoms with Crippen LogP contribution in [0.15, 0.2) is 24.3 Å². The van der Waals surface area contributed by atoms with Gasteiger partial charge < -0.3 is 15.2 Å². The molecule has 3 atom stereocenters. The number of aliphatic hydroxyl groups is 1. The first-order chi connectivity index (χ1) is 9.06. The summed E-state index contributed by atoms with van der Waals surface area (Å²) >= 11 is 0. The van der Waals surface area contributed by atoms with Crippen LogP contribution in [0.1, 0.15) is 37.8 Å². The first-order valence-corrected chi connectivity index (χ1v) is 6.55. The zero-order valence-electron chi connectivity index (χ0n) is 10.9. The van der Waals surface area contributed by atoms with Crippen LogP contribution in [0, 0.1) is 0 Å². The predicted molar refractivity (Wildman–Crippen MR) is 68.3 cm³/mol. The lowest BCUT2D eigenvalue weighted by molar-refractivity contribution is -0.0498. The maximum absolute atomic E-state index is 12.0. The maximum atomic E-state index is 12.0. The zero-order chi connectivity index (χ0) is 13.8. The minimum absolute atomic E-state index is 0.0679. The van der Waals surface area contributed by atoms with Crippen LogP contribution in [-0.4, -0.2) is 23.9 Å². The van der Waals surface area contributed by atoms with Crippen molar-refractivity contribution in [3.63, 3.8) is 0 Å². The van der Waals surface area contributed by atoms with Gasteiger partial charge in [-0.3, -0.25) is 0 Å². The molecular formula is C14H19F2NO2.